The number of aromatic hydroxyl groups is 1. The van der Waals surface area contributed by atoms with Crippen LogP contribution >= 0.6 is 0 Å². The van der Waals surface area contributed by atoms with E-state index in [9.17, 15) is 9.90 Å². The number of carbonyl (C=O) groups excluding carboxylic acids is 1. The van der Waals surface area contributed by atoms with Gasteiger partial charge in [0.1, 0.15) is 5.75 Å². The standard InChI is InChI=1S/C12H16N2O2/c13-6-9-5-12(16)14-7-11(9)8-1-3-10(15)4-2-8/h1-4,9,11,15H,5-7,13H2,(H,14,16). The molecule has 0 radical (unpaired) electrons. The Labute approximate surface area is 94.5 Å². The van der Waals surface area contributed by atoms with E-state index in [0.717, 1.165) is 5.56 Å². The third-order valence-corrected chi connectivity index (χ3v) is 3.16. The van der Waals surface area contributed by atoms with Crippen LogP contribution in [-0.4, -0.2) is 24.1 Å². The summed E-state index contributed by atoms with van der Waals surface area (Å²) >= 11 is 0. The Kier molecular flexibility index (Phi) is 3.10. The molecule has 1 fully saturated rings. The number of hydrogen-bond acceptors (Lipinski definition) is 3. The van der Waals surface area contributed by atoms with Gasteiger partial charge in [0.25, 0.3) is 0 Å². The van der Waals surface area contributed by atoms with Gasteiger partial charge in [0.15, 0.2) is 0 Å². The van der Waals surface area contributed by atoms with Gasteiger partial charge in [-0.05, 0) is 30.2 Å². The van der Waals surface area contributed by atoms with Gasteiger partial charge in [0, 0.05) is 18.9 Å². The molecule has 16 heavy (non-hydrogen) atoms. The normalized spacial score (nSPS) is 25.2. The van der Waals surface area contributed by atoms with Gasteiger partial charge < -0.3 is 16.2 Å². The van der Waals surface area contributed by atoms with Crippen LogP contribution in [-0.2, 0) is 4.79 Å². The zero-order valence-electron chi connectivity index (χ0n) is 9.02. The molecule has 0 spiro atoms. The first-order valence-corrected chi connectivity index (χ1v) is 5.46. The fourth-order valence-corrected chi connectivity index (χ4v) is 2.20. The maximum absolute atomic E-state index is 11.3. The van der Waals surface area contributed by atoms with Crippen molar-refractivity contribution in [3.05, 3.63) is 29.8 Å². The minimum atomic E-state index is 0.0745. The summed E-state index contributed by atoms with van der Waals surface area (Å²) in [7, 11) is 0. The highest BCUT2D eigenvalue weighted by molar-refractivity contribution is 5.77. The van der Waals surface area contributed by atoms with Gasteiger partial charge in [0.2, 0.25) is 5.91 Å². The smallest absolute Gasteiger partial charge is 0.220 e. The Morgan fingerprint density at radius 3 is 2.69 bits per heavy atom. The average Bonchev–Trinajstić information content (AvgIpc) is 2.30. The van der Waals surface area contributed by atoms with E-state index in [0.29, 0.717) is 19.5 Å². The number of rotatable bonds is 2. The van der Waals surface area contributed by atoms with Gasteiger partial charge in [-0.2, -0.15) is 0 Å². The Morgan fingerprint density at radius 2 is 2.06 bits per heavy atom. The molecule has 86 valence electrons. The lowest BCUT2D eigenvalue weighted by Gasteiger charge is -2.31. The minimum absolute atomic E-state index is 0.0745. The van der Waals surface area contributed by atoms with E-state index in [-0.39, 0.29) is 23.5 Å². The van der Waals surface area contributed by atoms with Gasteiger partial charge in [-0.1, -0.05) is 12.1 Å². The van der Waals surface area contributed by atoms with Crippen LogP contribution in [0.5, 0.6) is 5.75 Å². The number of nitrogens with two attached hydrogens (primary N) is 1. The lowest BCUT2D eigenvalue weighted by atomic mass is 9.81. The second-order valence-corrected chi connectivity index (χ2v) is 4.20. The molecule has 1 heterocycles. The largest absolute Gasteiger partial charge is 0.508 e. The second kappa shape index (κ2) is 4.53. The number of nitrogens with one attached hydrogen (secondary N) is 1. The van der Waals surface area contributed by atoms with Crippen LogP contribution in [0, 0.1) is 5.92 Å². The molecule has 2 unspecified atom stereocenters. The van der Waals surface area contributed by atoms with Crippen LogP contribution in [0.4, 0.5) is 0 Å². The number of carbonyl (C=O) groups is 1. The average molecular weight is 220 g/mol. The summed E-state index contributed by atoms with van der Waals surface area (Å²) < 4.78 is 0. The fourth-order valence-electron chi connectivity index (χ4n) is 2.20. The first-order chi connectivity index (χ1) is 7.70. The summed E-state index contributed by atoms with van der Waals surface area (Å²) in [5.41, 5.74) is 6.81. The Bertz CT molecular complexity index is 375. The Balaban J connectivity index is 2.18. The monoisotopic (exact) mass is 220 g/mol. The van der Waals surface area contributed by atoms with Crippen molar-refractivity contribution in [1.82, 2.24) is 5.32 Å². The number of amides is 1. The van der Waals surface area contributed by atoms with Crippen molar-refractivity contribution < 1.29 is 9.90 Å². The SMILES string of the molecule is NCC1CC(=O)NCC1c1ccc(O)cc1. The summed E-state index contributed by atoms with van der Waals surface area (Å²) in [5.74, 6) is 0.778. The topological polar surface area (TPSA) is 75.4 Å². The molecule has 1 amide bonds. The van der Waals surface area contributed by atoms with Crippen LogP contribution in [0.15, 0.2) is 24.3 Å². The zero-order chi connectivity index (χ0) is 11.5. The molecule has 1 aromatic rings. The third-order valence-electron chi connectivity index (χ3n) is 3.16. The van der Waals surface area contributed by atoms with Crippen LogP contribution in [0.1, 0.15) is 17.9 Å². The van der Waals surface area contributed by atoms with Crippen molar-refractivity contribution in [2.24, 2.45) is 11.7 Å². The number of piperidine rings is 1. The van der Waals surface area contributed by atoms with Gasteiger partial charge >= 0.3 is 0 Å². The van der Waals surface area contributed by atoms with E-state index in [1.807, 2.05) is 12.1 Å². The number of benzene rings is 1. The van der Waals surface area contributed by atoms with Crippen LogP contribution in [0.3, 0.4) is 0 Å². The molecule has 0 aliphatic carbocycles. The van der Waals surface area contributed by atoms with Gasteiger partial charge in [-0.15, -0.1) is 0 Å². The lowest BCUT2D eigenvalue weighted by molar-refractivity contribution is -0.123. The molecular weight excluding hydrogens is 204 g/mol. The molecule has 0 bridgehead atoms. The number of phenolic OH excluding ortho intramolecular Hbond substituents is 1. The molecule has 4 nitrogen and oxygen atoms in total. The van der Waals surface area contributed by atoms with Gasteiger partial charge in [0.05, 0.1) is 0 Å². The highest BCUT2D eigenvalue weighted by Crippen LogP contribution is 2.29. The summed E-state index contributed by atoms with van der Waals surface area (Å²) in [6.07, 6.45) is 0.488. The molecular formula is C12H16N2O2. The molecule has 1 aromatic carbocycles. The van der Waals surface area contributed by atoms with Crippen molar-refractivity contribution in [2.75, 3.05) is 13.1 Å². The Hall–Kier alpha value is -1.55. The predicted octanol–water partition coefficient (Wildman–Crippen LogP) is 0.571. The van der Waals surface area contributed by atoms with Crippen molar-refractivity contribution >= 4 is 5.91 Å². The summed E-state index contributed by atoms with van der Waals surface area (Å²) in [4.78, 5) is 11.3. The van der Waals surface area contributed by atoms with Crippen LogP contribution < -0.4 is 11.1 Å². The molecule has 2 rings (SSSR count). The first-order valence-electron chi connectivity index (χ1n) is 5.46. The molecule has 1 aliphatic rings. The molecule has 0 aromatic heterocycles. The van der Waals surface area contributed by atoms with Crippen molar-refractivity contribution in [3.8, 4) is 5.75 Å². The van der Waals surface area contributed by atoms with Gasteiger partial charge in [-0.3, -0.25) is 4.79 Å². The van der Waals surface area contributed by atoms with Crippen molar-refractivity contribution in [2.45, 2.75) is 12.3 Å². The number of hydrogen-bond donors (Lipinski definition) is 3. The minimum Gasteiger partial charge on any atom is -0.508 e. The van der Waals surface area contributed by atoms with Crippen LogP contribution in [0.25, 0.3) is 0 Å². The first kappa shape index (κ1) is 11.0. The maximum Gasteiger partial charge on any atom is 0.220 e. The molecule has 4 N–H and O–H groups in total. The molecule has 0 saturated carbocycles. The lowest BCUT2D eigenvalue weighted by Crippen LogP contribution is -2.42. The quantitative estimate of drug-likeness (QED) is 0.682. The van der Waals surface area contributed by atoms with E-state index < -0.39 is 0 Å². The van der Waals surface area contributed by atoms with E-state index in [1.165, 1.54) is 0 Å². The summed E-state index contributed by atoms with van der Waals surface area (Å²) in [6, 6.07) is 7.11. The summed E-state index contributed by atoms with van der Waals surface area (Å²) in [5, 5.41) is 12.1. The molecule has 2 atom stereocenters. The van der Waals surface area contributed by atoms with E-state index >= 15 is 0 Å². The van der Waals surface area contributed by atoms with Crippen molar-refractivity contribution in [1.29, 1.82) is 0 Å². The molecule has 1 aliphatic heterocycles. The predicted molar refractivity (Wildman–Crippen MR) is 61.0 cm³/mol. The van der Waals surface area contributed by atoms with E-state index in [1.54, 1.807) is 12.1 Å². The Morgan fingerprint density at radius 1 is 1.38 bits per heavy atom. The highest BCUT2D eigenvalue weighted by Gasteiger charge is 2.29. The second-order valence-electron chi connectivity index (χ2n) is 4.20. The third kappa shape index (κ3) is 2.17. The maximum atomic E-state index is 11.3. The summed E-state index contributed by atoms with van der Waals surface area (Å²) in [6.45, 7) is 1.14. The fraction of sp³-hybridized carbons (Fsp3) is 0.417. The van der Waals surface area contributed by atoms with Crippen molar-refractivity contribution in [3.63, 3.8) is 0 Å². The van der Waals surface area contributed by atoms with Crippen LogP contribution in [0.2, 0.25) is 0 Å². The zero-order valence-corrected chi connectivity index (χ0v) is 9.02. The van der Waals surface area contributed by atoms with E-state index in [2.05, 4.69) is 5.32 Å². The molecule has 1 saturated heterocycles. The number of phenols is 1. The highest BCUT2D eigenvalue weighted by atomic mass is 16.3. The van der Waals surface area contributed by atoms with Gasteiger partial charge in [-0.25, -0.2) is 0 Å². The molecule has 4 heteroatoms. The van der Waals surface area contributed by atoms with E-state index in [4.69, 9.17) is 5.73 Å².